The Hall–Kier alpha value is -4.05. The van der Waals surface area contributed by atoms with Gasteiger partial charge < -0.3 is 24.3 Å². The van der Waals surface area contributed by atoms with Crippen molar-refractivity contribution in [2.45, 2.75) is 32.2 Å². The van der Waals surface area contributed by atoms with Crippen molar-refractivity contribution >= 4 is 11.8 Å². The number of pyridine rings is 1. The number of halogens is 2. The quantitative estimate of drug-likeness (QED) is 0.529. The van der Waals surface area contributed by atoms with Crippen LogP contribution in [0.25, 0.3) is 0 Å². The Labute approximate surface area is 211 Å². The average Bonchev–Trinajstić information content (AvgIpc) is 3.38. The molecule has 3 heterocycles. The van der Waals surface area contributed by atoms with Gasteiger partial charge in [-0.2, -0.15) is 0 Å². The summed E-state index contributed by atoms with van der Waals surface area (Å²) in [4.78, 5) is 41.8. The summed E-state index contributed by atoms with van der Waals surface area (Å²) in [5, 5.41) is 2.52. The largest absolute Gasteiger partial charge is 0.483 e. The van der Waals surface area contributed by atoms with E-state index in [-0.39, 0.29) is 53.7 Å². The summed E-state index contributed by atoms with van der Waals surface area (Å²) >= 11 is 0. The normalized spacial score (nSPS) is 18.4. The molecule has 192 valence electrons. The van der Waals surface area contributed by atoms with Crippen molar-refractivity contribution < 1.29 is 27.8 Å². The van der Waals surface area contributed by atoms with E-state index in [0.717, 1.165) is 17.7 Å². The molecule has 0 saturated carbocycles. The first kappa shape index (κ1) is 24.6. The number of likely N-dealkylation sites (N-methyl/N-ethyl adjacent to an activating group) is 1. The molecular formula is C27H25F2N3O5. The lowest BCUT2D eigenvalue weighted by Gasteiger charge is -2.39. The molecule has 37 heavy (non-hydrogen) atoms. The fraction of sp³-hybridized carbons (Fsp3) is 0.296. The third-order valence-corrected chi connectivity index (χ3v) is 6.70. The highest BCUT2D eigenvalue weighted by Crippen LogP contribution is 2.35. The van der Waals surface area contributed by atoms with E-state index in [4.69, 9.17) is 9.47 Å². The van der Waals surface area contributed by atoms with Crippen LogP contribution < -0.4 is 15.5 Å². The maximum atomic E-state index is 14.1. The molecule has 0 spiro atoms. The molecule has 0 bridgehead atoms. The summed E-state index contributed by atoms with van der Waals surface area (Å²) in [5.74, 6) is -2.92. The van der Waals surface area contributed by atoms with Gasteiger partial charge >= 0.3 is 0 Å². The molecule has 2 amide bonds. The Bertz CT molecular complexity index is 1410. The van der Waals surface area contributed by atoms with Crippen molar-refractivity contribution in [2.24, 2.45) is 0 Å². The monoisotopic (exact) mass is 509 g/mol. The highest BCUT2D eigenvalue weighted by Gasteiger charge is 2.45. The van der Waals surface area contributed by atoms with Gasteiger partial charge in [0, 0.05) is 30.9 Å². The number of aromatic nitrogens is 1. The summed E-state index contributed by atoms with van der Waals surface area (Å²) < 4.78 is 40.5. The minimum Gasteiger partial charge on any atom is -0.483 e. The number of hydrogen-bond donors (Lipinski definition) is 1. The summed E-state index contributed by atoms with van der Waals surface area (Å²) in [7, 11) is 0. The zero-order chi connectivity index (χ0) is 26.1. The second-order valence-corrected chi connectivity index (χ2v) is 8.91. The molecular weight excluding hydrogens is 484 g/mol. The number of ether oxygens (including phenoxy) is 2. The first-order valence-corrected chi connectivity index (χ1v) is 12.0. The Morgan fingerprint density at radius 1 is 1.11 bits per heavy atom. The van der Waals surface area contributed by atoms with E-state index in [1.807, 2.05) is 37.3 Å². The zero-order valence-electron chi connectivity index (χ0n) is 20.1. The highest BCUT2D eigenvalue weighted by atomic mass is 19.1. The Morgan fingerprint density at radius 2 is 1.86 bits per heavy atom. The molecule has 1 fully saturated rings. The lowest BCUT2D eigenvalue weighted by atomic mass is 10.0. The van der Waals surface area contributed by atoms with Crippen LogP contribution in [0.2, 0.25) is 0 Å². The van der Waals surface area contributed by atoms with Gasteiger partial charge in [-0.3, -0.25) is 14.4 Å². The summed E-state index contributed by atoms with van der Waals surface area (Å²) in [6, 6.07) is 11.6. The summed E-state index contributed by atoms with van der Waals surface area (Å²) in [6.07, 6.45) is 1.35. The number of nitrogens with zero attached hydrogens (tertiary/aromatic N) is 2. The second kappa shape index (κ2) is 10.1. The molecule has 2 atom stereocenters. The van der Waals surface area contributed by atoms with Crippen LogP contribution in [0.5, 0.6) is 5.75 Å². The molecule has 1 N–H and O–H groups in total. The average molecular weight is 510 g/mol. The number of hydrogen-bond acceptors (Lipinski definition) is 5. The van der Waals surface area contributed by atoms with Crippen LogP contribution in [-0.4, -0.2) is 47.1 Å². The maximum absolute atomic E-state index is 14.1. The second-order valence-electron chi connectivity index (χ2n) is 8.91. The Kier molecular flexibility index (Phi) is 6.75. The smallest absolute Gasteiger partial charge is 0.274 e. The Morgan fingerprint density at radius 3 is 2.59 bits per heavy atom. The maximum Gasteiger partial charge on any atom is 0.274 e. The van der Waals surface area contributed by atoms with Crippen molar-refractivity contribution in [3.8, 4) is 5.75 Å². The number of fused-ring (bicyclic) bond motifs is 3. The van der Waals surface area contributed by atoms with Crippen LogP contribution in [0.15, 0.2) is 59.5 Å². The molecule has 2 aliphatic rings. The van der Waals surface area contributed by atoms with Gasteiger partial charge in [-0.15, -0.1) is 0 Å². The first-order valence-electron chi connectivity index (χ1n) is 12.0. The molecule has 2 unspecified atom stereocenters. The summed E-state index contributed by atoms with van der Waals surface area (Å²) in [6.45, 7) is 2.65. The first-order chi connectivity index (χ1) is 17.9. The van der Waals surface area contributed by atoms with Gasteiger partial charge in [0.15, 0.2) is 11.4 Å². The van der Waals surface area contributed by atoms with Crippen molar-refractivity contribution in [1.29, 1.82) is 0 Å². The van der Waals surface area contributed by atoms with Crippen LogP contribution in [0.3, 0.4) is 0 Å². The van der Waals surface area contributed by atoms with Crippen molar-refractivity contribution in [3.05, 3.63) is 99.0 Å². The molecule has 5 rings (SSSR count). The van der Waals surface area contributed by atoms with Gasteiger partial charge in [-0.1, -0.05) is 36.4 Å². The highest BCUT2D eigenvalue weighted by molar-refractivity contribution is 5.99. The molecule has 2 aliphatic heterocycles. The van der Waals surface area contributed by atoms with Crippen molar-refractivity contribution in [3.63, 3.8) is 0 Å². The molecule has 1 aromatic heterocycles. The number of nitrogens with one attached hydrogen (secondary N) is 1. The minimum atomic E-state index is -0.814. The van der Waals surface area contributed by atoms with Gasteiger partial charge in [-0.25, -0.2) is 8.78 Å². The SMILES string of the molecule is CCN1C(=O)c2c(OCc3ccccc3)c(=O)c(C(=O)NCc3ccc(F)cc3F)cn2C2COCC21. The summed E-state index contributed by atoms with van der Waals surface area (Å²) in [5.41, 5.74) is -0.0965. The Balaban J connectivity index is 1.54. The van der Waals surface area contributed by atoms with Crippen LogP contribution in [0.1, 0.15) is 44.9 Å². The predicted octanol–water partition coefficient (Wildman–Crippen LogP) is 3.05. The molecule has 10 heteroatoms. The number of carbonyl (C=O) groups is 2. The van der Waals surface area contributed by atoms with E-state index in [1.54, 1.807) is 9.47 Å². The van der Waals surface area contributed by atoms with E-state index in [0.29, 0.717) is 19.8 Å². The number of amides is 2. The fourth-order valence-electron chi connectivity index (χ4n) is 4.80. The van der Waals surface area contributed by atoms with Crippen molar-refractivity contribution in [2.75, 3.05) is 19.8 Å². The van der Waals surface area contributed by atoms with Gasteiger partial charge in [0.2, 0.25) is 5.43 Å². The van der Waals surface area contributed by atoms with Gasteiger partial charge in [0.05, 0.1) is 25.3 Å². The fourth-order valence-corrected chi connectivity index (χ4v) is 4.80. The molecule has 2 aromatic carbocycles. The zero-order valence-corrected chi connectivity index (χ0v) is 20.1. The van der Waals surface area contributed by atoms with Crippen LogP contribution in [0, 0.1) is 11.6 Å². The third kappa shape index (κ3) is 4.60. The van der Waals surface area contributed by atoms with E-state index in [9.17, 15) is 23.2 Å². The van der Waals surface area contributed by atoms with Gasteiger partial charge in [-0.05, 0) is 18.6 Å². The van der Waals surface area contributed by atoms with E-state index in [2.05, 4.69) is 5.32 Å². The van der Waals surface area contributed by atoms with Gasteiger partial charge in [0.25, 0.3) is 11.8 Å². The molecule has 0 aliphatic carbocycles. The number of benzene rings is 2. The molecule has 1 saturated heterocycles. The van der Waals surface area contributed by atoms with E-state index in [1.165, 1.54) is 12.3 Å². The van der Waals surface area contributed by atoms with Gasteiger partial charge in [0.1, 0.15) is 23.8 Å². The topological polar surface area (TPSA) is 89.9 Å². The van der Waals surface area contributed by atoms with E-state index >= 15 is 0 Å². The third-order valence-electron chi connectivity index (χ3n) is 6.70. The number of carbonyl (C=O) groups excluding carboxylic acids is 2. The van der Waals surface area contributed by atoms with Crippen LogP contribution in [-0.2, 0) is 17.9 Å². The predicted molar refractivity (Wildman–Crippen MR) is 129 cm³/mol. The standard InChI is InChI=1S/C27H25F2N3O5/c1-2-31-21-14-36-15-22(21)32-12-19(26(34)30-11-17-8-9-18(28)10-20(17)29)24(33)25(23(32)27(31)35)37-13-16-6-4-3-5-7-16/h3-10,12,21-22H,2,11,13-15H2,1H3,(H,30,34). The molecule has 3 aromatic rings. The lowest BCUT2D eigenvalue weighted by Crippen LogP contribution is -2.51. The minimum absolute atomic E-state index is 0.0128. The van der Waals surface area contributed by atoms with Crippen molar-refractivity contribution in [1.82, 2.24) is 14.8 Å². The molecule has 8 nitrogen and oxygen atoms in total. The van der Waals surface area contributed by atoms with Crippen LogP contribution >= 0.6 is 0 Å². The van der Waals surface area contributed by atoms with Crippen LogP contribution in [0.4, 0.5) is 8.78 Å². The van der Waals surface area contributed by atoms with E-state index < -0.39 is 23.0 Å². The number of rotatable bonds is 7. The molecule has 0 radical (unpaired) electrons. The lowest BCUT2D eigenvalue weighted by molar-refractivity contribution is 0.0566.